The Kier molecular flexibility index (Phi) is 5.64. The lowest BCUT2D eigenvalue weighted by molar-refractivity contribution is 0.339. The lowest BCUT2D eigenvalue weighted by Gasteiger charge is -2.19. The number of rotatable bonds is 7. The van der Waals surface area contributed by atoms with E-state index in [4.69, 9.17) is 9.47 Å². The summed E-state index contributed by atoms with van der Waals surface area (Å²) in [4.78, 5) is 0. The van der Waals surface area contributed by atoms with Crippen LogP contribution in [0.3, 0.4) is 0 Å². The third-order valence-electron chi connectivity index (χ3n) is 3.54. The molecule has 3 heteroatoms. The van der Waals surface area contributed by atoms with E-state index >= 15 is 0 Å². The molecule has 2 aromatic carbocycles. The lowest BCUT2D eigenvalue weighted by atomic mass is 9.98. The van der Waals surface area contributed by atoms with Gasteiger partial charge in [0.1, 0.15) is 11.5 Å². The molecular weight excluding hydrogens is 262 g/mol. The van der Waals surface area contributed by atoms with E-state index in [1.165, 1.54) is 11.1 Å². The summed E-state index contributed by atoms with van der Waals surface area (Å²) in [5.74, 6) is 1.84. The smallest absolute Gasteiger partial charge is 0.122 e. The highest BCUT2D eigenvalue weighted by atomic mass is 16.5. The maximum absolute atomic E-state index is 5.58. The first-order valence-corrected chi connectivity index (χ1v) is 7.30. The van der Waals surface area contributed by atoms with E-state index in [1.807, 2.05) is 44.3 Å². The van der Waals surface area contributed by atoms with Crippen molar-refractivity contribution in [2.75, 3.05) is 20.8 Å². The van der Waals surface area contributed by atoms with Crippen LogP contribution in [-0.2, 0) is 6.42 Å². The summed E-state index contributed by atoms with van der Waals surface area (Å²) in [7, 11) is 3.69. The molecule has 0 aliphatic rings. The zero-order valence-electron chi connectivity index (χ0n) is 12.9. The zero-order valence-corrected chi connectivity index (χ0v) is 12.9. The second-order valence-corrected chi connectivity index (χ2v) is 4.86. The van der Waals surface area contributed by atoms with Crippen LogP contribution in [0.1, 0.15) is 24.1 Å². The van der Waals surface area contributed by atoms with Gasteiger partial charge in [0.25, 0.3) is 0 Å². The van der Waals surface area contributed by atoms with Gasteiger partial charge < -0.3 is 14.8 Å². The Morgan fingerprint density at radius 2 is 1.90 bits per heavy atom. The SMILES string of the molecule is CCOc1cccc(C(Cc2ccccc2OC)NC)c1. The third kappa shape index (κ3) is 3.99. The molecule has 2 aromatic rings. The van der Waals surface area contributed by atoms with Gasteiger partial charge in [0.05, 0.1) is 13.7 Å². The summed E-state index contributed by atoms with van der Waals surface area (Å²) in [5.41, 5.74) is 2.41. The molecule has 0 aliphatic heterocycles. The predicted molar refractivity (Wildman–Crippen MR) is 86.1 cm³/mol. The van der Waals surface area contributed by atoms with E-state index in [0.717, 1.165) is 17.9 Å². The quantitative estimate of drug-likeness (QED) is 0.843. The molecule has 1 atom stereocenters. The third-order valence-corrected chi connectivity index (χ3v) is 3.54. The fraction of sp³-hybridized carbons (Fsp3) is 0.333. The van der Waals surface area contributed by atoms with Crippen molar-refractivity contribution in [1.82, 2.24) is 5.32 Å². The molecule has 2 rings (SSSR count). The second kappa shape index (κ2) is 7.70. The molecule has 0 amide bonds. The van der Waals surface area contributed by atoms with Gasteiger partial charge in [0.2, 0.25) is 0 Å². The number of likely N-dealkylation sites (N-methyl/N-ethyl adjacent to an activating group) is 1. The Morgan fingerprint density at radius 1 is 1.10 bits per heavy atom. The maximum Gasteiger partial charge on any atom is 0.122 e. The number of benzene rings is 2. The van der Waals surface area contributed by atoms with Crippen LogP contribution in [0.4, 0.5) is 0 Å². The molecule has 0 aliphatic carbocycles. The summed E-state index contributed by atoms with van der Waals surface area (Å²) in [6, 6.07) is 16.6. The molecule has 0 spiro atoms. The molecule has 0 bridgehead atoms. The van der Waals surface area contributed by atoms with Gasteiger partial charge in [0.15, 0.2) is 0 Å². The van der Waals surface area contributed by atoms with Crippen LogP contribution in [-0.4, -0.2) is 20.8 Å². The van der Waals surface area contributed by atoms with Crippen molar-refractivity contribution in [3.05, 3.63) is 59.7 Å². The molecular formula is C18H23NO2. The van der Waals surface area contributed by atoms with Crippen molar-refractivity contribution < 1.29 is 9.47 Å². The number of ether oxygens (including phenoxy) is 2. The molecule has 0 fully saturated rings. The van der Waals surface area contributed by atoms with Gasteiger partial charge in [-0.1, -0.05) is 30.3 Å². The number of hydrogen-bond donors (Lipinski definition) is 1. The highest BCUT2D eigenvalue weighted by molar-refractivity contribution is 5.36. The first kappa shape index (κ1) is 15.4. The Morgan fingerprint density at radius 3 is 2.62 bits per heavy atom. The summed E-state index contributed by atoms with van der Waals surface area (Å²) >= 11 is 0. The molecule has 1 N–H and O–H groups in total. The van der Waals surface area contributed by atoms with Crippen molar-refractivity contribution in [2.45, 2.75) is 19.4 Å². The Bertz CT molecular complexity index is 569. The van der Waals surface area contributed by atoms with Crippen molar-refractivity contribution in [2.24, 2.45) is 0 Å². The van der Waals surface area contributed by atoms with E-state index in [2.05, 4.69) is 23.5 Å². The number of para-hydroxylation sites is 1. The summed E-state index contributed by atoms with van der Waals surface area (Å²) in [6.07, 6.45) is 0.871. The van der Waals surface area contributed by atoms with Crippen LogP contribution in [0.25, 0.3) is 0 Å². The van der Waals surface area contributed by atoms with Crippen molar-refractivity contribution in [1.29, 1.82) is 0 Å². The van der Waals surface area contributed by atoms with Gasteiger partial charge in [-0.3, -0.25) is 0 Å². The summed E-state index contributed by atoms with van der Waals surface area (Å²) < 4.78 is 11.0. The molecule has 3 nitrogen and oxygen atoms in total. The summed E-state index contributed by atoms with van der Waals surface area (Å²) in [5, 5.41) is 3.38. The van der Waals surface area contributed by atoms with Crippen LogP contribution >= 0.6 is 0 Å². The fourth-order valence-corrected chi connectivity index (χ4v) is 2.47. The van der Waals surface area contributed by atoms with Crippen molar-refractivity contribution >= 4 is 0 Å². The highest BCUT2D eigenvalue weighted by Gasteiger charge is 2.13. The average molecular weight is 285 g/mol. The first-order chi connectivity index (χ1) is 10.3. The Hall–Kier alpha value is -2.00. The fourth-order valence-electron chi connectivity index (χ4n) is 2.47. The van der Waals surface area contributed by atoms with Crippen LogP contribution < -0.4 is 14.8 Å². The van der Waals surface area contributed by atoms with E-state index < -0.39 is 0 Å². The topological polar surface area (TPSA) is 30.5 Å². The average Bonchev–Trinajstić information content (AvgIpc) is 2.53. The van der Waals surface area contributed by atoms with Crippen LogP contribution in [0.5, 0.6) is 11.5 Å². The van der Waals surface area contributed by atoms with Gasteiger partial charge in [-0.15, -0.1) is 0 Å². The minimum atomic E-state index is 0.224. The lowest BCUT2D eigenvalue weighted by Crippen LogP contribution is -2.19. The van der Waals surface area contributed by atoms with Crippen molar-refractivity contribution in [3.63, 3.8) is 0 Å². The van der Waals surface area contributed by atoms with Gasteiger partial charge in [-0.2, -0.15) is 0 Å². The van der Waals surface area contributed by atoms with E-state index in [1.54, 1.807) is 7.11 Å². The molecule has 0 radical (unpaired) electrons. The van der Waals surface area contributed by atoms with Gasteiger partial charge in [-0.25, -0.2) is 0 Å². The largest absolute Gasteiger partial charge is 0.496 e. The monoisotopic (exact) mass is 285 g/mol. The molecule has 0 heterocycles. The molecule has 112 valence electrons. The zero-order chi connectivity index (χ0) is 15.1. The molecule has 1 unspecified atom stereocenters. The minimum absolute atomic E-state index is 0.224. The summed E-state index contributed by atoms with van der Waals surface area (Å²) in [6.45, 7) is 2.68. The number of hydrogen-bond acceptors (Lipinski definition) is 3. The highest BCUT2D eigenvalue weighted by Crippen LogP contribution is 2.26. The normalized spacial score (nSPS) is 12.0. The first-order valence-electron chi connectivity index (χ1n) is 7.30. The van der Waals surface area contributed by atoms with Crippen LogP contribution in [0.2, 0.25) is 0 Å². The molecule has 0 saturated heterocycles. The standard InChI is InChI=1S/C18H23NO2/c1-4-21-16-10-7-9-14(12-16)17(19-2)13-15-8-5-6-11-18(15)20-3/h5-12,17,19H,4,13H2,1-3H3. The van der Waals surface area contributed by atoms with Crippen LogP contribution in [0, 0.1) is 0 Å². The molecule has 21 heavy (non-hydrogen) atoms. The molecule has 0 saturated carbocycles. The van der Waals surface area contributed by atoms with Gasteiger partial charge in [-0.05, 0) is 49.7 Å². The Balaban J connectivity index is 2.21. The Labute approximate surface area is 126 Å². The van der Waals surface area contributed by atoms with E-state index in [-0.39, 0.29) is 6.04 Å². The van der Waals surface area contributed by atoms with Gasteiger partial charge >= 0.3 is 0 Å². The van der Waals surface area contributed by atoms with E-state index in [9.17, 15) is 0 Å². The van der Waals surface area contributed by atoms with Crippen molar-refractivity contribution in [3.8, 4) is 11.5 Å². The van der Waals surface area contributed by atoms with E-state index in [0.29, 0.717) is 6.61 Å². The second-order valence-electron chi connectivity index (χ2n) is 4.86. The predicted octanol–water partition coefficient (Wildman–Crippen LogP) is 3.60. The maximum atomic E-state index is 5.58. The number of nitrogens with one attached hydrogen (secondary N) is 1. The molecule has 0 aromatic heterocycles. The minimum Gasteiger partial charge on any atom is -0.496 e. The van der Waals surface area contributed by atoms with Gasteiger partial charge in [0, 0.05) is 6.04 Å². The number of methoxy groups -OCH3 is 1. The van der Waals surface area contributed by atoms with Crippen LogP contribution in [0.15, 0.2) is 48.5 Å².